The van der Waals surface area contributed by atoms with Gasteiger partial charge >= 0.3 is 0 Å². The van der Waals surface area contributed by atoms with Crippen molar-refractivity contribution in [1.82, 2.24) is 5.43 Å². The van der Waals surface area contributed by atoms with Crippen LogP contribution in [0.3, 0.4) is 0 Å². The van der Waals surface area contributed by atoms with Crippen molar-refractivity contribution in [3.05, 3.63) is 0 Å². The summed E-state index contributed by atoms with van der Waals surface area (Å²) in [6.07, 6.45) is 1.73. The summed E-state index contributed by atoms with van der Waals surface area (Å²) in [5.74, 6) is 7.24. The minimum Gasteiger partial charge on any atom is -0.388 e. The summed E-state index contributed by atoms with van der Waals surface area (Å²) in [5, 5.41) is 9.72. The fourth-order valence-corrected chi connectivity index (χ4v) is 2.37. The van der Waals surface area contributed by atoms with Gasteiger partial charge in [0, 0.05) is 6.54 Å². The summed E-state index contributed by atoms with van der Waals surface area (Å²) in [6, 6.07) is 0. The van der Waals surface area contributed by atoms with Gasteiger partial charge in [0.25, 0.3) is 0 Å². The van der Waals surface area contributed by atoms with Crippen molar-refractivity contribution in [2.24, 2.45) is 5.84 Å². The quantitative estimate of drug-likeness (QED) is 0.386. The molecule has 0 amide bonds. The van der Waals surface area contributed by atoms with Crippen molar-refractivity contribution in [2.45, 2.75) is 18.4 Å². The molecule has 10 heavy (non-hydrogen) atoms. The maximum atomic E-state index is 9.72. The van der Waals surface area contributed by atoms with Crippen LogP contribution in [-0.4, -0.2) is 28.8 Å². The largest absolute Gasteiger partial charge is 0.388 e. The molecule has 0 unspecified atom stereocenters. The van der Waals surface area contributed by atoms with Gasteiger partial charge in [-0.3, -0.25) is 11.3 Å². The molecule has 3 nitrogen and oxygen atoms in total. The van der Waals surface area contributed by atoms with Gasteiger partial charge in [-0.25, -0.2) is 0 Å². The van der Waals surface area contributed by atoms with Crippen molar-refractivity contribution in [1.29, 1.82) is 0 Å². The second kappa shape index (κ2) is 3.57. The van der Waals surface area contributed by atoms with Crippen LogP contribution in [0.4, 0.5) is 0 Å². The van der Waals surface area contributed by atoms with E-state index in [0.717, 1.165) is 24.3 Å². The molecule has 4 N–H and O–H groups in total. The first-order chi connectivity index (χ1) is 4.77. The summed E-state index contributed by atoms with van der Waals surface area (Å²) in [4.78, 5) is 0. The van der Waals surface area contributed by atoms with E-state index in [1.807, 2.05) is 11.8 Å². The minimum atomic E-state index is -0.528. The molecule has 0 aromatic carbocycles. The first-order valence-corrected chi connectivity index (χ1v) is 4.66. The molecular formula is C6H14N2OS. The molecule has 1 saturated heterocycles. The SMILES string of the molecule is NNCC1(O)CCSCC1. The Labute approximate surface area is 65.3 Å². The fraction of sp³-hybridized carbons (Fsp3) is 1.00. The van der Waals surface area contributed by atoms with Crippen molar-refractivity contribution in [2.75, 3.05) is 18.1 Å². The highest BCUT2D eigenvalue weighted by molar-refractivity contribution is 7.99. The maximum Gasteiger partial charge on any atom is 0.0801 e. The van der Waals surface area contributed by atoms with E-state index < -0.39 is 5.60 Å². The van der Waals surface area contributed by atoms with Gasteiger partial charge < -0.3 is 5.11 Å². The molecule has 0 saturated carbocycles. The molecule has 0 spiro atoms. The lowest BCUT2D eigenvalue weighted by atomic mass is 9.97. The highest BCUT2D eigenvalue weighted by Gasteiger charge is 2.28. The van der Waals surface area contributed by atoms with Crippen LogP contribution in [0.2, 0.25) is 0 Å². The van der Waals surface area contributed by atoms with Crippen molar-refractivity contribution < 1.29 is 5.11 Å². The van der Waals surface area contributed by atoms with Gasteiger partial charge in [-0.2, -0.15) is 11.8 Å². The molecule has 0 bridgehead atoms. The molecule has 0 aromatic heterocycles. The third kappa shape index (κ3) is 2.12. The molecule has 0 aliphatic carbocycles. The van der Waals surface area contributed by atoms with Gasteiger partial charge in [0.2, 0.25) is 0 Å². The molecule has 4 heteroatoms. The Morgan fingerprint density at radius 2 is 2.10 bits per heavy atom. The summed E-state index contributed by atoms with van der Waals surface area (Å²) >= 11 is 1.89. The Kier molecular flexibility index (Phi) is 2.97. The standard InChI is InChI=1S/C6H14N2OS/c7-8-5-6(9)1-3-10-4-2-6/h8-9H,1-5,7H2. The van der Waals surface area contributed by atoms with E-state index in [1.54, 1.807) is 0 Å². The van der Waals surface area contributed by atoms with E-state index in [-0.39, 0.29) is 0 Å². The zero-order chi connectivity index (χ0) is 7.45. The van der Waals surface area contributed by atoms with Crippen LogP contribution in [0.25, 0.3) is 0 Å². The van der Waals surface area contributed by atoms with Crippen LogP contribution in [0, 0.1) is 0 Å². The summed E-state index contributed by atoms with van der Waals surface area (Å²) in [7, 11) is 0. The third-order valence-corrected chi connectivity index (χ3v) is 2.84. The number of thioether (sulfide) groups is 1. The third-order valence-electron chi connectivity index (χ3n) is 1.85. The van der Waals surface area contributed by atoms with Gasteiger partial charge in [0.1, 0.15) is 0 Å². The van der Waals surface area contributed by atoms with E-state index in [1.165, 1.54) is 0 Å². The van der Waals surface area contributed by atoms with Crippen LogP contribution < -0.4 is 11.3 Å². The fourth-order valence-electron chi connectivity index (χ4n) is 1.12. The van der Waals surface area contributed by atoms with Crippen LogP contribution in [-0.2, 0) is 0 Å². The minimum absolute atomic E-state index is 0.521. The van der Waals surface area contributed by atoms with E-state index in [2.05, 4.69) is 5.43 Å². The Bertz CT molecular complexity index is 98.4. The Morgan fingerprint density at radius 1 is 1.50 bits per heavy atom. The van der Waals surface area contributed by atoms with Crippen LogP contribution in [0.1, 0.15) is 12.8 Å². The number of nitrogens with two attached hydrogens (primary N) is 1. The Balaban J connectivity index is 2.32. The van der Waals surface area contributed by atoms with Gasteiger partial charge in [0.15, 0.2) is 0 Å². The van der Waals surface area contributed by atoms with Crippen LogP contribution >= 0.6 is 11.8 Å². The first-order valence-electron chi connectivity index (χ1n) is 3.50. The van der Waals surface area contributed by atoms with E-state index in [9.17, 15) is 5.11 Å². The summed E-state index contributed by atoms with van der Waals surface area (Å²) in [6.45, 7) is 0.521. The number of hydrogen-bond acceptors (Lipinski definition) is 4. The summed E-state index contributed by atoms with van der Waals surface area (Å²) < 4.78 is 0. The molecule has 0 atom stereocenters. The molecule has 1 fully saturated rings. The van der Waals surface area contributed by atoms with Crippen LogP contribution in [0.5, 0.6) is 0 Å². The maximum absolute atomic E-state index is 9.72. The lowest BCUT2D eigenvalue weighted by molar-refractivity contribution is 0.0325. The number of aliphatic hydroxyl groups is 1. The molecule has 0 aromatic rings. The molecule has 1 heterocycles. The van der Waals surface area contributed by atoms with Crippen molar-refractivity contribution in [3.8, 4) is 0 Å². The molecule has 1 aliphatic rings. The second-order valence-electron chi connectivity index (χ2n) is 2.72. The second-order valence-corrected chi connectivity index (χ2v) is 3.94. The monoisotopic (exact) mass is 162 g/mol. The normalized spacial score (nSPS) is 24.6. The topological polar surface area (TPSA) is 58.3 Å². The zero-order valence-electron chi connectivity index (χ0n) is 5.97. The number of rotatable bonds is 2. The predicted molar refractivity (Wildman–Crippen MR) is 43.7 cm³/mol. The van der Waals surface area contributed by atoms with Crippen LogP contribution in [0.15, 0.2) is 0 Å². The van der Waals surface area contributed by atoms with Gasteiger partial charge in [0.05, 0.1) is 5.60 Å². The average molecular weight is 162 g/mol. The lowest BCUT2D eigenvalue weighted by Crippen LogP contribution is -2.45. The van der Waals surface area contributed by atoms with Gasteiger partial charge in [-0.05, 0) is 24.3 Å². The highest BCUT2D eigenvalue weighted by atomic mass is 32.2. The van der Waals surface area contributed by atoms with Gasteiger partial charge in [-0.15, -0.1) is 0 Å². The van der Waals surface area contributed by atoms with Crippen molar-refractivity contribution >= 4 is 11.8 Å². The molecule has 1 rings (SSSR count). The van der Waals surface area contributed by atoms with Gasteiger partial charge in [-0.1, -0.05) is 0 Å². The van der Waals surface area contributed by atoms with Crippen molar-refractivity contribution in [3.63, 3.8) is 0 Å². The molecular weight excluding hydrogens is 148 g/mol. The Morgan fingerprint density at radius 3 is 2.60 bits per heavy atom. The molecule has 0 radical (unpaired) electrons. The number of nitrogens with one attached hydrogen (secondary N) is 1. The van der Waals surface area contributed by atoms with E-state index in [0.29, 0.717) is 6.54 Å². The lowest BCUT2D eigenvalue weighted by Gasteiger charge is -2.31. The summed E-state index contributed by atoms with van der Waals surface area (Å²) in [5.41, 5.74) is 1.99. The smallest absolute Gasteiger partial charge is 0.0801 e. The average Bonchev–Trinajstić information content (AvgIpc) is 1.89. The molecule has 1 aliphatic heterocycles. The first kappa shape index (κ1) is 8.33. The number of hydrogen-bond donors (Lipinski definition) is 3. The number of hydrazine groups is 1. The highest BCUT2D eigenvalue weighted by Crippen LogP contribution is 2.25. The predicted octanol–water partition coefficient (Wildman–Crippen LogP) is -0.292. The zero-order valence-corrected chi connectivity index (χ0v) is 6.78. The molecule has 60 valence electrons. The Hall–Kier alpha value is 0.230. The van der Waals surface area contributed by atoms with E-state index >= 15 is 0 Å². The van der Waals surface area contributed by atoms with E-state index in [4.69, 9.17) is 5.84 Å².